The van der Waals surface area contributed by atoms with Gasteiger partial charge in [-0.2, -0.15) is 0 Å². The summed E-state index contributed by atoms with van der Waals surface area (Å²) in [6.45, 7) is 3.18. The summed E-state index contributed by atoms with van der Waals surface area (Å²) in [5.41, 5.74) is 6.73. The van der Waals surface area contributed by atoms with Crippen molar-refractivity contribution in [2.75, 3.05) is 13.2 Å². The topological polar surface area (TPSA) is 33.3 Å². The predicted octanol–water partition coefficient (Wildman–Crippen LogP) is 0.989. The second-order valence-electron chi connectivity index (χ2n) is 1.56. The van der Waals surface area contributed by atoms with E-state index in [2.05, 4.69) is 11.0 Å². The van der Waals surface area contributed by atoms with Gasteiger partial charge in [0.2, 0.25) is 0 Å². The molecule has 0 aliphatic heterocycles. The number of hydrazine groups is 1. The van der Waals surface area contributed by atoms with Crippen LogP contribution in [0.4, 0.5) is 0 Å². The highest BCUT2D eigenvalue weighted by Crippen LogP contribution is 1.76. The Morgan fingerprint density at radius 1 is 1.60 bits per heavy atom. The van der Waals surface area contributed by atoms with Gasteiger partial charge in [-0.05, 0) is 12.5 Å². The molecule has 0 aliphatic carbocycles. The highest BCUT2D eigenvalue weighted by molar-refractivity contribution is 6.25. The zero-order chi connectivity index (χ0) is 7.66. The Bertz CT molecular complexity index is 87.8. The first kappa shape index (κ1) is 9.91. The molecule has 0 rings (SSSR count). The molecule has 0 bridgehead atoms. The van der Waals surface area contributed by atoms with E-state index >= 15 is 0 Å². The summed E-state index contributed by atoms with van der Waals surface area (Å²) >= 11 is 5.23. The predicted molar refractivity (Wildman–Crippen MR) is 42.1 cm³/mol. The summed E-state index contributed by atoms with van der Waals surface area (Å²) in [6.07, 6.45) is 3.65. The Balaban J connectivity index is 2.77. The van der Waals surface area contributed by atoms with Gasteiger partial charge in [0, 0.05) is 12.1 Å². The van der Waals surface area contributed by atoms with Gasteiger partial charge >= 0.3 is 0 Å². The third-order valence-corrected chi connectivity index (χ3v) is 0.897. The molecule has 0 atom stereocenters. The van der Waals surface area contributed by atoms with Crippen molar-refractivity contribution < 1.29 is 4.84 Å². The molecule has 0 fully saturated rings. The average molecular weight is 164 g/mol. The van der Waals surface area contributed by atoms with Crippen LogP contribution in [0.2, 0.25) is 0 Å². The molecule has 0 saturated carbocycles. The van der Waals surface area contributed by atoms with Gasteiger partial charge in [0.05, 0.1) is 6.61 Å². The molecule has 0 aromatic carbocycles. The average Bonchev–Trinajstić information content (AvgIpc) is 1.97. The maximum absolute atomic E-state index is 5.23. The van der Waals surface area contributed by atoms with Crippen molar-refractivity contribution in [2.24, 2.45) is 0 Å². The Hall–Kier alpha value is -0.0900. The maximum atomic E-state index is 5.23. The number of halogens is 1. The number of nitrogens with one attached hydrogen (secondary N) is 2. The van der Waals surface area contributed by atoms with Crippen LogP contribution in [-0.2, 0) is 4.84 Å². The summed E-state index contributed by atoms with van der Waals surface area (Å²) in [5.74, 6) is 0. The van der Waals surface area contributed by atoms with Crippen LogP contribution < -0.4 is 11.0 Å². The lowest BCUT2D eigenvalue weighted by molar-refractivity contribution is 0.0318. The molecule has 0 aromatic heterocycles. The van der Waals surface area contributed by atoms with E-state index < -0.39 is 0 Å². The fourth-order valence-electron chi connectivity index (χ4n) is 0.321. The van der Waals surface area contributed by atoms with Crippen molar-refractivity contribution in [3.63, 3.8) is 0 Å². The van der Waals surface area contributed by atoms with Gasteiger partial charge in [0.25, 0.3) is 0 Å². The highest BCUT2D eigenvalue weighted by Gasteiger charge is 1.79. The molecular weight excluding hydrogens is 152 g/mol. The lowest BCUT2D eigenvalue weighted by atomic mass is 10.5. The molecule has 0 aliphatic rings. The van der Waals surface area contributed by atoms with Crippen LogP contribution in [-0.4, -0.2) is 13.2 Å². The summed E-state index contributed by atoms with van der Waals surface area (Å²) in [5, 5.41) is 0. The van der Waals surface area contributed by atoms with Crippen molar-refractivity contribution in [1.82, 2.24) is 11.0 Å². The van der Waals surface area contributed by atoms with Crippen LogP contribution in [0.3, 0.4) is 0 Å². The van der Waals surface area contributed by atoms with E-state index in [0.717, 1.165) is 6.54 Å². The maximum Gasteiger partial charge on any atom is 0.0891 e. The Morgan fingerprint density at radius 2 is 2.40 bits per heavy atom. The first-order chi connectivity index (χ1) is 4.91. The van der Waals surface area contributed by atoms with Crippen molar-refractivity contribution in [2.45, 2.75) is 6.92 Å². The molecule has 2 N–H and O–H groups in total. The molecule has 0 amide bonds. The van der Waals surface area contributed by atoms with Gasteiger partial charge in [-0.15, -0.1) is 5.59 Å². The minimum atomic E-state index is 0.459. The minimum absolute atomic E-state index is 0.459. The summed E-state index contributed by atoms with van der Waals surface area (Å²) in [6, 6.07) is 0. The van der Waals surface area contributed by atoms with Gasteiger partial charge in [-0.3, -0.25) is 4.84 Å². The molecule has 4 heteroatoms. The molecule has 1 radical (unpaired) electrons. The van der Waals surface area contributed by atoms with Crippen LogP contribution in [0.1, 0.15) is 6.92 Å². The van der Waals surface area contributed by atoms with Crippen LogP contribution in [0.15, 0.2) is 11.6 Å². The zero-order valence-electron chi connectivity index (χ0n) is 5.93. The third kappa shape index (κ3) is 7.91. The van der Waals surface area contributed by atoms with E-state index in [1.54, 1.807) is 6.08 Å². The van der Waals surface area contributed by atoms with Gasteiger partial charge in [0.1, 0.15) is 0 Å². The van der Waals surface area contributed by atoms with Crippen molar-refractivity contribution in [3.8, 4) is 0 Å². The number of hydrogen-bond donors (Lipinski definition) is 2. The normalized spacial score (nSPS) is 11.0. The lowest BCUT2D eigenvalue weighted by Crippen LogP contribution is -2.32. The quantitative estimate of drug-likeness (QED) is 0.453. The molecule has 3 nitrogen and oxygen atoms in total. The number of hydrogen-bond acceptors (Lipinski definition) is 3. The van der Waals surface area contributed by atoms with Crippen LogP contribution >= 0.6 is 11.6 Å². The largest absolute Gasteiger partial charge is 0.283 e. The second kappa shape index (κ2) is 8.91. The third-order valence-electron chi connectivity index (χ3n) is 0.719. The Kier molecular flexibility index (Phi) is 8.83. The van der Waals surface area contributed by atoms with Crippen LogP contribution in [0.5, 0.6) is 0 Å². The Morgan fingerprint density at radius 3 is 3.00 bits per heavy atom. The molecule has 10 heavy (non-hydrogen) atoms. The SMILES string of the molecule is C[CH]CNNOCC=CCl. The minimum Gasteiger partial charge on any atom is -0.283 e. The first-order valence-electron chi connectivity index (χ1n) is 3.04. The molecule has 0 heterocycles. The van der Waals surface area contributed by atoms with Gasteiger partial charge in [0.15, 0.2) is 0 Å². The smallest absolute Gasteiger partial charge is 0.0891 e. The van der Waals surface area contributed by atoms with Crippen molar-refractivity contribution in [1.29, 1.82) is 0 Å². The molecule has 0 spiro atoms. The highest BCUT2D eigenvalue weighted by atomic mass is 35.5. The van der Waals surface area contributed by atoms with Crippen molar-refractivity contribution >= 4 is 11.6 Å². The van der Waals surface area contributed by atoms with Gasteiger partial charge in [-0.1, -0.05) is 18.5 Å². The summed E-state index contributed by atoms with van der Waals surface area (Å²) in [4.78, 5) is 4.82. The fourth-order valence-corrected chi connectivity index (χ4v) is 0.394. The Labute approximate surface area is 66.3 Å². The fraction of sp³-hybridized carbons (Fsp3) is 0.500. The van der Waals surface area contributed by atoms with Gasteiger partial charge in [-0.25, -0.2) is 5.43 Å². The summed E-state index contributed by atoms with van der Waals surface area (Å²) in [7, 11) is 0. The molecular formula is C6H12ClN2O. The van der Waals surface area contributed by atoms with E-state index in [1.165, 1.54) is 5.54 Å². The molecule has 0 aromatic rings. The molecule has 59 valence electrons. The molecule has 0 saturated heterocycles. The van der Waals surface area contributed by atoms with Gasteiger partial charge < -0.3 is 0 Å². The van der Waals surface area contributed by atoms with E-state index in [4.69, 9.17) is 16.4 Å². The monoisotopic (exact) mass is 163 g/mol. The van der Waals surface area contributed by atoms with E-state index in [0.29, 0.717) is 6.61 Å². The van der Waals surface area contributed by atoms with E-state index in [-0.39, 0.29) is 0 Å². The number of rotatable bonds is 6. The van der Waals surface area contributed by atoms with Crippen LogP contribution in [0, 0.1) is 6.42 Å². The second-order valence-corrected chi connectivity index (χ2v) is 1.82. The van der Waals surface area contributed by atoms with Crippen LogP contribution in [0.25, 0.3) is 0 Å². The van der Waals surface area contributed by atoms with Crippen molar-refractivity contribution in [3.05, 3.63) is 18.0 Å². The summed E-state index contributed by atoms with van der Waals surface area (Å²) < 4.78 is 0. The lowest BCUT2D eigenvalue weighted by Gasteiger charge is -2.02. The van der Waals surface area contributed by atoms with E-state index in [9.17, 15) is 0 Å². The first-order valence-corrected chi connectivity index (χ1v) is 3.48. The standard InChI is InChI=1S/C6H12ClN2O/c1-2-5-8-9-10-6-3-4-7/h2-4,8-9H,5-6H2,1H3. The zero-order valence-corrected chi connectivity index (χ0v) is 6.69. The molecule has 0 unspecified atom stereocenters. The van der Waals surface area contributed by atoms with E-state index in [1.807, 2.05) is 13.3 Å².